The summed E-state index contributed by atoms with van der Waals surface area (Å²) >= 11 is 1.74. The van der Waals surface area contributed by atoms with Gasteiger partial charge in [0.2, 0.25) is 0 Å². The third-order valence-corrected chi connectivity index (χ3v) is 10.8. The van der Waals surface area contributed by atoms with Crippen molar-refractivity contribution in [1.29, 1.82) is 0 Å². The Morgan fingerprint density at radius 3 is 2.11 bits per heavy atom. The van der Waals surface area contributed by atoms with Gasteiger partial charge >= 0.3 is 0 Å². The summed E-state index contributed by atoms with van der Waals surface area (Å²) in [6.07, 6.45) is 8.51. The fourth-order valence-corrected chi connectivity index (χ4v) is 6.30. The van der Waals surface area contributed by atoms with Crippen LogP contribution in [-0.4, -0.2) is 20.9 Å². The van der Waals surface area contributed by atoms with Gasteiger partial charge in [-0.05, 0) is 60.2 Å². The molecule has 1 radical (unpaired) electrons. The number of aliphatic hydroxyl groups is 1. The minimum atomic E-state index is -0.337. The van der Waals surface area contributed by atoms with E-state index in [-0.39, 0.29) is 47.9 Å². The van der Waals surface area contributed by atoms with Gasteiger partial charge in [0.15, 0.2) is 5.78 Å². The van der Waals surface area contributed by atoms with Crippen molar-refractivity contribution < 1.29 is 30.0 Å². The van der Waals surface area contributed by atoms with Crippen LogP contribution in [0.1, 0.15) is 93.6 Å². The van der Waals surface area contributed by atoms with Crippen molar-refractivity contribution in [3.8, 4) is 22.5 Å². The zero-order valence-corrected chi connectivity index (χ0v) is 32.5. The molecule has 0 aliphatic carbocycles. The molecule has 251 valence electrons. The van der Waals surface area contributed by atoms with E-state index in [1.807, 2.05) is 60.0 Å². The summed E-state index contributed by atoms with van der Waals surface area (Å²) in [6, 6.07) is 22.7. The summed E-state index contributed by atoms with van der Waals surface area (Å²) in [5, 5.41) is 15.8. The number of rotatable bonds is 9. The van der Waals surface area contributed by atoms with Crippen molar-refractivity contribution in [2.24, 2.45) is 10.8 Å². The molecule has 0 aliphatic rings. The Bertz CT molecular complexity index is 1840. The van der Waals surface area contributed by atoms with E-state index >= 15 is 0 Å². The SMILES string of the molecule is CC(C)(C)c1cc(-c2cc(-c3nccc4sccc34)ccn2)[c-]c2ccccc12.CCC(C)(CC)C(=O)/C=C(\O)C(C)(CC)CC.[Ir]. The van der Waals surface area contributed by atoms with Crippen LogP contribution in [0.3, 0.4) is 0 Å². The van der Waals surface area contributed by atoms with Gasteiger partial charge in [-0.25, -0.2) is 0 Å². The molecule has 0 bridgehead atoms. The van der Waals surface area contributed by atoms with Crippen LogP contribution in [0.5, 0.6) is 0 Å². The summed E-state index contributed by atoms with van der Waals surface area (Å²) in [5.74, 6) is 0.286. The number of ketones is 1. The Morgan fingerprint density at radius 1 is 0.830 bits per heavy atom. The molecule has 0 spiro atoms. The van der Waals surface area contributed by atoms with Gasteiger partial charge in [-0.3, -0.25) is 14.8 Å². The van der Waals surface area contributed by atoms with Crippen LogP contribution in [0.2, 0.25) is 0 Å². The van der Waals surface area contributed by atoms with E-state index in [0.717, 1.165) is 53.6 Å². The molecule has 5 aromatic rings. The molecule has 0 atom stereocenters. The molecule has 0 saturated carbocycles. The summed E-state index contributed by atoms with van der Waals surface area (Å²) in [7, 11) is 0. The summed E-state index contributed by atoms with van der Waals surface area (Å²) in [6.45, 7) is 18.8. The first-order valence-electron chi connectivity index (χ1n) is 16.5. The van der Waals surface area contributed by atoms with Gasteiger partial charge in [-0.15, -0.1) is 40.5 Å². The number of carbonyl (C=O) groups excluding carboxylic acids is 1. The number of hydrogen-bond acceptors (Lipinski definition) is 5. The molecular formula is C41H49IrN2O2S-. The second-order valence-electron chi connectivity index (χ2n) is 13.7. The number of benzene rings is 2. The van der Waals surface area contributed by atoms with E-state index in [0.29, 0.717) is 0 Å². The Kier molecular flexibility index (Phi) is 12.9. The number of allylic oxidation sites excluding steroid dienone is 2. The number of aliphatic hydroxyl groups excluding tert-OH is 1. The van der Waals surface area contributed by atoms with Crippen molar-refractivity contribution in [2.45, 2.75) is 93.4 Å². The van der Waals surface area contributed by atoms with Crippen LogP contribution in [-0.2, 0) is 30.3 Å². The fourth-order valence-electron chi connectivity index (χ4n) is 5.52. The number of hydrogen-bond donors (Lipinski definition) is 1. The van der Waals surface area contributed by atoms with Gasteiger partial charge in [0, 0.05) is 65.2 Å². The molecule has 2 aromatic carbocycles. The third kappa shape index (κ3) is 8.46. The predicted octanol–water partition coefficient (Wildman–Crippen LogP) is 11.9. The molecule has 47 heavy (non-hydrogen) atoms. The van der Waals surface area contributed by atoms with Crippen molar-refractivity contribution in [3.05, 3.63) is 95.8 Å². The van der Waals surface area contributed by atoms with Crippen LogP contribution >= 0.6 is 11.3 Å². The largest absolute Gasteiger partial charge is 0.512 e. The minimum absolute atomic E-state index is 0. The Labute approximate surface area is 299 Å². The summed E-state index contributed by atoms with van der Waals surface area (Å²) in [5.41, 5.74) is 4.77. The molecule has 0 amide bonds. The monoisotopic (exact) mass is 826 g/mol. The maximum atomic E-state index is 12.2. The number of thiophene rings is 1. The van der Waals surface area contributed by atoms with Gasteiger partial charge in [-0.2, -0.15) is 0 Å². The normalized spacial score (nSPS) is 12.4. The smallest absolute Gasteiger partial charge is 0.164 e. The average molecular weight is 826 g/mol. The van der Waals surface area contributed by atoms with Crippen LogP contribution < -0.4 is 0 Å². The minimum Gasteiger partial charge on any atom is -0.512 e. The van der Waals surface area contributed by atoms with Crippen LogP contribution in [0.4, 0.5) is 0 Å². The molecular weight excluding hydrogens is 777 g/mol. The zero-order chi connectivity index (χ0) is 33.7. The van der Waals surface area contributed by atoms with Gasteiger partial charge in [0.05, 0.1) is 5.69 Å². The quantitative estimate of drug-likeness (QED) is 0.0913. The van der Waals surface area contributed by atoms with E-state index in [1.165, 1.54) is 27.1 Å². The van der Waals surface area contributed by atoms with Crippen LogP contribution in [0.25, 0.3) is 43.4 Å². The maximum absolute atomic E-state index is 12.2. The molecule has 0 unspecified atom stereocenters. The molecule has 1 N–H and O–H groups in total. The van der Waals surface area contributed by atoms with E-state index < -0.39 is 0 Å². The second kappa shape index (κ2) is 15.8. The van der Waals surface area contributed by atoms with Gasteiger partial charge in [-0.1, -0.05) is 97.5 Å². The zero-order valence-electron chi connectivity index (χ0n) is 29.3. The van der Waals surface area contributed by atoms with Gasteiger partial charge in [0.1, 0.15) is 5.76 Å². The number of fused-ring (bicyclic) bond motifs is 2. The first kappa shape index (κ1) is 38.3. The summed E-state index contributed by atoms with van der Waals surface area (Å²) < 4.78 is 1.25. The molecule has 6 heteroatoms. The van der Waals surface area contributed by atoms with Crippen LogP contribution in [0.15, 0.2) is 84.2 Å². The number of pyridine rings is 2. The predicted molar refractivity (Wildman–Crippen MR) is 196 cm³/mol. The van der Waals surface area contributed by atoms with E-state index in [1.54, 1.807) is 11.3 Å². The van der Waals surface area contributed by atoms with Crippen LogP contribution in [0, 0.1) is 16.9 Å². The molecule has 0 saturated heterocycles. The topological polar surface area (TPSA) is 63.1 Å². The van der Waals surface area contributed by atoms with Crippen molar-refractivity contribution in [1.82, 2.24) is 9.97 Å². The standard InChI is InChI=1S/C26H21N2S.C15H28O2.Ir/c1-26(2,3)22-15-19(14-17-6-4-5-7-20(17)22)23-16-18(8-11-27-23)25-21-10-13-29-24(21)9-12-28-25;1-7-14(5,8-2)12(16)11-13(17)15(6,9-3)10-4;/h4-13,15-16H,1-3H3;11,16H,7-10H2,1-6H3;/q-1;;/b;12-11-;. The average Bonchev–Trinajstić information content (AvgIpc) is 3.56. The Hall–Kier alpha value is -3.18. The van der Waals surface area contributed by atoms with E-state index in [4.69, 9.17) is 0 Å². The Morgan fingerprint density at radius 2 is 1.47 bits per heavy atom. The van der Waals surface area contributed by atoms with Crippen molar-refractivity contribution >= 4 is 38.0 Å². The number of carbonyl (C=O) groups is 1. The molecule has 0 aliphatic heterocycles. The fraction of sp³-hybridized carbons (Fsp3) is 0.390. The Balaban J connectivity index is 0.000000290. The van der Waals surface area contributed by atoms with Crippen molar-refractivity contribution in [2.75, 3.05) is 0 Å². The first-order chi connectivity index (χ1) is 21.8. The number of nitrogens with zero attached hydrogens (tertiary/aromatic N) is 2. The maximum Gasteiger partial charge on any atom is 0.164 e. The molecule has 3 heterocycles. The van der Waals surface area contributed by atoms with E-state index in [9.17, 15) is 9.90 Å². The number of aromatic nitrogens is 2. The van der Waals surface area contributed by atoms with Gasteiger partial charge < -0.3 is 5.11 Å². The molecule has 3 aromatic heterocycles. The molecule has 4 nitrogen and oxygen atoms in total. The summed E-state index contributed by atoms with van der Waals surface area (Å²) in [4.78, 5) is 21.5. The van der Waals surface area contributed by atoms with Crippen molar-refractivity contribution in [3.63, 3.8) is 0 Å². The van der Waals surface area contributed by atoms with Gasteiger partial charge in [0.25, 0.3) is 0 Å². The molecule has 0 fully saturated rings. The second-order valence-corrected chi connectivity index (χ2v) is 14.7. The molecule has 5 rings (SSSR count). The van der Waals surface area contributed by atoms with E-state index in [2.05, 4.69) is 90.7 Å². The first-order valence-corrected chi connectivity index (χ1v) is 17.4. The third-order valence-electron chi connectivity index (χ3n) is 9.87.